The predicted octanol–water partition coefficient (Wildman–Crippen LogP) is 4.09. The molecule has 2 rings (SSSR count). The molecule has 0 spiro atoms. The first-order valence-corrected chi connectivity index (χ1v) is 7.79. The fourth-order valence-electron chi connectivity index (χ4n) is 3.19. The van der Waals surface area contributed by atoms with Gasteiger partial charge >= 0.3 is 0 Å². The summed E-state index contributed by atoms with van der Waals surface area (Å²) in [5.41, 5.74) is 6.57. The molecule has 0 aliphatic heterocycles. The van der Waals surface area contributed by atoms with Crippen molar-refractivity contribution in [2.45, 2.75) is 57.1 Å². The van der Waals surface area contributed by atoms with Crippen molar-refractivity contribution in [3.8, 4) is 0 Å². The highest BCUT2D eigenvalue weighted by Crippen LogP contribution is 2.36. The third-order valence-electron chi connectivity index (χ3n) is 4.29. The number of nitrogens with two attached hydrogens (primary N) is 1. The van der Waals surface area contributed by atoms with Crippen molar-refractivity contribution in [1.82, 2.24) is 0 Å². The van der Waals surface area contributed by atoms with Crippen LogP contribution in [0.15, 0.2) is 18.2 Å². The van der Waals surface area contributed by atoms with E-state index < -0.39 is 0 Å². The van der Waals surface area contributed by atoms with Crippen LogP contribution >= 0.6 is 11.6 Å². The Morgan fingerprint density at radius 1 is 1.35 bits per heavy atom. The normalized spacial score (nSPS) is 19.8. The van der Waals surface area contributed by atoms with E-state index in [0.29, 0.717) is 23.6 Å². The Labute approximate surface area is 125 Å². The largest absolute Gasteiger partial charge is 0.374 e. The molecule has 112 valence electrons. The molecule has 0 bridgehead atoms. The molecule has 0 radical (unpaired) electrons. The summed E-state index contributed by atoms with van der Waals surface area (Å²) in [5.74, 6) is -0.282. The van der Waals surface area contributed by atoms with E-state index in [2.05, 4.69) is 0 Å². The molecule has 2 nitrogen and oxygen atoms in total. The maximum absolute atomic E-state index is 13.9. The number of hydrogen-bond donors (Lipinski definition) is 1. The smallest absolute Gasteiger partial charge is 0.127 e. The molecule has 0 heterocycles. The zero-order valence-electron chi connectivity index (χ0n) is 12.0. The first-order chi connectivity index (χ1) is 9.59. The number of hydrogen-bond acceptors (Lipinski definition) is 2. The summed E-state index contributed by atoms with van der Waals surface area (Å²) < 4.78 is 19.9. The SMILES string of the molecule is CCOC1(C(N)Cc2c(F)cccc2Cl)CCCCC1. The molecule has 0 aromatic heterocycles. The van der Waals surface area contributed by atoms with Crippen molar-refractivity contribution in [3.63, 3.8) is 0 Å². The number of halogens is 2. The summed E-state index contributed by atoms with van der Waals surface area (Å²) >= 11 is 6.10. The standard InChI is InChI=1S/C16H23ClFNO/c1-2-20-16(9-4-3-5-10-16)15(19)11-12-13(17)7-6-8-14(12)18/h6-8,15H,2-5,9-11,19H2,1H3. The van der Waals surface area contributed by atoms with E-state index in [1.165, 1.54) is 12.5 Å². The van der Waals surface area contributed by atoms with Crippen LogP contribution in [0.4, 0.5) is 4.39 Å². The van der Waals surface area contributed by atoms with E-state index >= 15 is 0 Å². The van der Waals surface area contributed by atoms with Crippen molar-refractivity contribution in [3.05, 3.63) is 34.6 Å². The molecule has 1 saturated carbocycles. The molecule has 0 amide bonds. The zero-order chi connectivity index (χ0) is 14.6. The lowest BCUT2D eigenvalue weighted by Crippen LogP contribution is -2.52. The fourth-order valence-corrected chi connectivity index (χ4v) is 3.43. The summed E-state index contributed by atoms with van der Waals surface area (Å²) in [7, 11) is 0. The Hall–Kier alpha value is -0.640. The van der Waals surface area contributed by atoms with Crippen molar-refractivity contribution in [2.24, 2.45) is 5.73 Å². The second-order valence-corrected chi connectivity index (χ2v) is 5.98. The zero-order valence-corrected chi connectivity index (χ0v) is 12.8. The van der Waals surface area contributed by atoms with Gasteiger partial charge in [0.25, 0.3) is 0 Å². The van der Waals surface area contributed by atoms with Gasteiger partial charge in [0.05, 0.1) is 5.60 Å². The lowest BCUT2D eigenvalue weighted by atomic mass is 9.77. The highest BCUT2D eigenvalue weighted by Gasteiger charge is 2.39. The van der Waals surface area contributed by atoms with Crippen LogP contribution in [0.3, 0.4) is 0 Å². The minimum atomic E-state index is -0.321. The topological polar surface area (TPSA) is 35.2 Å². The molecular weight excluding hydrogens is 277 g/mol. The van der Waals surface area contributed by atoms with Gasteiger partial charge in [0.15, 0.2) is 0 Å². The molecule has 1 atom stereocenters. The monoisotopic (exact) mass is 299 g/mol. The lowest BCUT2D eigenvalue weighted by molar-refractivity contribution is -0.0818. The van der Waals surface area contributed by atoms with E-state index in [-0.39, 0.29) is 17.5 Å². The molecule has 20 heavy (non-hydrogen) atoms. The van der Waals surface area contributed by atoms with Gasteiger partial charge in [-0.2, -0.15) is 0 Å². The number of rotatable bonds is 5. The maximum Gasteiger partial charge on any atom is 0.127 e. The van der Waals surface area contributed by atoms with Crippen LogP contribution in [-0.4, -0.2) is 18.2 Å². The summed E-state index contributed by atoms with van der Waals surface area (Å²) in [6.07, 6.45) is 5.80. The molecule has 0 saturated heterocycles. The van der Waals surface area contributed by atoms with Crippen LogP contribution in [0.25, 0.3) is 0 Å². The molecule has 2 N–H and O–H groups in total. The van der Waals surface area contributed by atoms with Crippen LogP contribution in [-0.2, 0) is 11.2 Å². The van der Waals surface area contributed by atoms with Crippen LogP contribution < -0.4 is 5.73 Å². The van der Waals surface area contributed by atoms with Gasteiger partial charge < -0.3 is 10.5 Å². The van der Waals surface area contributed by atoms with Gasteiger partial charge in [-0.05, 0) is 38.3 Å². The van der Waals surface area contributed by atoms with E-state index in [0.717, 1.165) is 25.7 Å². The maximum atomic E-state index is 13.9. The van der Waals surface area contributed by atoms with E-state index in [1.54, 1.807) is 12.1 Å². The molecule has 1 fully saturated rings. The van der Waals surface area contributed by atoms with Gasteiger partial charge in [0, 0.05) is 23.2 Å². The van der Waals surface area contributed by atoms with Crippen LogP contribution in [0.2, 0.25) is 5.02 Å². The van der Waals surface area contributed by atoms with Crippen molar-refractivity contribution in [2.75, 3.05) is 6.61 Å². The van der Waals surface area contributed by atoms with Gasteiger partial charge in [0.1, 0.15) is 5.82 Å². The molecule has 1 aliphatic carbocycles. The summed E-state index contributed by atoms with van der Waals surface area (Å²) in [5, 5.41) is 0.447. The van der Waals surface area contributed by atoms with Gasteiger partial charge in [-0.25, -0.2) is 4.39 Å². The number of benzene rings is 1. The Morgan fingerprint density at radius 2 is 2.05 bits per heavy atom. The molecule has 1 unspecified atom stereocenters. The Kier molecular flexibility index (Phi) is 5.42. The van der Waals surface area contributed by atoms with Gasteiger partial charge in [-0.1, -0.05) is 36.9 Å². The lowest BCUT2D eigenvalue weighted by Gasteiger charge is -2.42. The van der Waals surface area contributed by atoms with Crippen LogP contribution in [0, 0.1) is 5.82 Å². The second-order valence-electron chi connectivity index (χ2n) is 5.57. The fraction of sp³-hybridized carbons (Fsp3) is 0.625. The van der Waals surface area contributed by atoms with Crippen molar-refractivity contribution < 1.29 is 9.13 Å². The molecule has 1 aromatic rings. The Balaban J connectivity index is 2.18. The Bertz CT molecular complexity index is 420. The Morgan fingerprint density at radius 3 is 2.65 bits per heavy atom. The van der Waals surface area contributed by atoms with E-state index in [9.17, 15) is 4.39 Å². The third-order valence-corrected chi connectivity index (χ3v) is 4.65. The van der Waals surface area contributed by atoms with E-state index in [4.69, 9.17) is 22.1 Å². The minimum Gasteiger partial charge on any atom is -0.374 e. The summed E-state index contributed by atoms with van der Waals surface area (Å²) in [6, 6.07) is 4.53. The van der Waals surface area contributed by atoms with Gasteiger partial charge in [-0.15, -0.1) is 0 Å². The first-order valence-electron chi connectivity index (χ1n) is 7.41. The summed E-state index contributed by atoms with van der Waals surface area (Å²) in [4.78, 5) is 0. The minimum absolute atomic E-state index is 0.225. The van der Waals surface area contributed by atoms with Crippen LogP contribution in [0.5, 0.6) is 0 Å². The first kappa shape index (κ1) is 15.7. The molecule has 1 aliphatic rings. The highest BCUT2D eigenvalue weighted by molar-refractivity contribution is 6.31. The quantitative estimate of drug-likeness (QED) is 0.889. The third kappa shape index (κ3) is 3.33. The van der Waals surface area contributed by atoms with Crippen molar-refractivity contribution in [1.29, 1.82) is 0 Å². The van der Waals surface area contributed by atoms with Crippen LogP contribution in [0.1, 0.15) is 44.6 Å². The molecular formula is C16H23ClFNO. The second kappa shape index (κ2) is 6.88. The average Bonchev–Trinajstić information content (AvgIpc) is 2.44. The average molecular weight is 300 g/mol. The van der Waals surface area contributed by atoms with Gasteiger partial charge in [-0.3, -0.25) is 0 Å². The molecule has 1 aromatic carbocycles. The predicted molar refractivity (Wildman–Crippen MR) is 80.5 cm³/mol. The van der Waals surface area contributed by atoms with Crippen molar-refractivity contribution >= 4 is 11.6 Å². The highest BCUT2D eigenvalue weighted by atomic mass is 35.5. The number of ether oxygens (including phenoxy) is 1. The molecule has 4 heteroatoms. The van der Waals surface area contributed by atoms with E-state index in [1.807, 2.05) is 6.92 Å². The van der Waals surface area contributed by atoms with Gasteiger partial charge in [0.2, 0.25) is 0 Å². The summed E-state index contributed by atoms with van der Waals surface area (Å²) in [6.45, 7) is 2.62.